The van der Waals surface area contributed by atoms with Crippen LogP contribution in [-0.4, -0.2) is 41.9 Å². The smallest absolute Gasteiger partial charge is 0.257 e. The molecular weight excluding hydrogens is 352 g/mol. The first kappa shape index (κ1) is 16.9. The van der Waals surface area contributed by atoms with Crippen molar-refractivity contribution in [2.75, 3.05) is 14.1 Å². The summed E-state index contributed by atoms with van der Waals surface area (Å²) in [6, 6.07) is 4.60. The third kappa shape index (κ3) is 3.17. The summed E-state index contributed by atoms with van der Waals surface area (Å²) >= 11 is 1.32. The van der Waals surface area contributed by atoms with Crippen LogP contribution in [0.25, 0.3) is 11.1 Å². The molecule has 0 spiro atoms. The molecule has 128 valence electrons. The van der Waals surface area contributed by atoms with Crippen molar-refractivity contribution in [3.8, 4) is 0 Å². The predicted octanol–water partition coefficient (Wildman–Crippen LogP) is 2.62. The second-order valence-electron chi connectivity index (χ2n) is 5.34. The van der Waals surface area contributed by atoms with Crippen LogP contribution < -0.4 is 0 Å². The van der Waals surface area contributed by atoms with Crippen molar-refractivity contribution in [3.05, 3.63) is 29.9 Å². The molecule has 0 bridgehead atoms. The Hall–Kier alpha value is -1.91. The molecule has 0 fully saturated rings. The van der Waals surface area contributed by atoms with Crippen LogP contribution in [0.5, 0.6) is 0 Å². The Bertz CT molecular complexity index is 978. The Morgan fingerprint density at radius 1 is 1.25 bits per heavy atom. The minimum absolute atomic E-state index is 0.135. The Balaban J connectivity index is 1.89. The molecule has 1 unspecified atom stereocenters. The number of fused-ring (bicyclic) bond motifs is 1. The standard InChI is InChI=1S/C14H16N4O4S2/c1-8(13-15-9(2)17-22-13)23-14-16-11-7-10(5-6-12(11)21-14)24(19,20)18(3)4/h5-8H,1-4H3. The average Bonchev–Trinajstić information content (AvgIpc) is 3.11. The molecule has 0 saturated carbocycles. The highest BCUT2D eigenvalue weighted by Gasteiger charge is 2.21. The van der Waals surface area contributed by atoms with Gasteiger partial charge in [0, 0.05) is 14.1 Å². The fourth-order valence-electron chi connectivity index (χ4n) is 1.99. The first-order chi connectivity index (χ1) is 11.3. The van der Waals surface area contributed by atoms with E-state index in [9.17, 15) is 8.42 Å². The lowest BCUT2D eigenvalue weighted by Crippen LogP contribution is -2.22. The van der Waals surface area contributed by atoms with E-state index in [1.807, 2.05) is 6.92 Å². The number of sulfonamides is 1. The first-order valence-corrected chi connectivity index (χ1v) is 9.39. The Morgan fingerprint density at radius 3 is 2.62 bits per heavy atom. The highest BCUT2D eigenvalue weighted by Crippen LogP contribution is 2.35. The molecule has 3 rings (SSSR count). The molecule has 0 aliphatic carbocycles. The van der Waals surface area contributed by atoms with E-state index in [1.54, 1.807) is 13.0 Å². The summed E-state index contributed by atoms with van der Waals surface area (Å²) in [4.78, 5) is 8.69. The highest BCUT2D eigenvalue weighted by atomic mass is 32.2. The van der Waals surface area contributed by atoms with Crippen LogP contribution in [0.4, 0.5) is 0 Å². The van der Waals surface area contributed by atoms with Crippen molar-refractivity contribution in [1.82, 2.24) is 19.4 Å². The van der Waals surface area contributed by atoms with Gasteiger partial charge in [-0.2, -0.15) is 4.98 Å². The van der Waals surface area contributed by atoms with Crippen LogP contribution in [0.2, 0.25) is 0 Å². The zero-order valence-corrected chi connectivity index (χ0v) is 15.2. The van der Waals surface area contributed by atoms with Gasteiger partial charge in [0.15, 0.2) is 11.4 Å². The van der Waals surface area contributed by atoms with Gasteiger partial charge >= 0.3 is 0 Å². The molecule has 0 N–H and O–H groups in total. The number of hydrogen-bond donors (Lipinski definition) is 0. The molecular formula is C14H16N4O4S2. The van der Waals surface area contributed by atoms with Gasteiger partial charge in [-0.05, 0) is 32.0 Å². The van der Waals surface area contributed by atoms with Crippen LogP contribution in [0, 0.1) is 6.92 Å². The number of thioether (sulfide) groups is 1. The van der Waals surface area contributed by atoms with Gasteiger partial charge in [-0.25, -0.2) is 17.7 Å². The SMILES string of the molecule is Cc1noc(C(C)Sc2nc3cc(S(=O)(=O)N(C)C)ccc3o2)n1. The summed E-state index contributed by atoms with van der Waals surface area (Å²) in [6.07, 6.45) is 0. The molecule has 2 heterocycles. The van der Waals surface area contributed by atoms with Crippen molar-refractivity contribution < 1.29 is 17.4 Å². The maximum atomic E-state index is 12.2. The van der Waals surface area contributed by atoms with Gasteiger partial charge in [0.05, 0.1) is 10.1 Å². The number of oxazole rings is 1. The van der Waals surface area contributed by atoms with Crippen molar-refractivity contribution >= 4 is 32.9 Å². The lowest BCUT2D eigenvalue weighted by atomic mass is 10.3. The minimum Gasteiger partial charge on any atom is -0.431 e. The molecule has 24 heavy (non-hydrogen) atoms. The van der Waals surface area contributed by atoms with Gasteiger partial charge in [0.25, 0.3) is 5.22 Å². The van der Waals surface area contributed by atoms with E-state index in [2.05, 4.69) is 15.1 Å². The zero-order valence-electron chi connectivity index (χ0n) is 13.5. The minimum atomic E-state index is -3.51. The number of rotatable bonds is 5. The third-order valence-electron chi connectivity index (χ3n) is 3.29. The molecule has 3 aromatic rings. The number of benzene rings is 1. The van der Waals surface area contributed by atoms with Gasteiger partial charge in [-0.1, -0.05) is 16.9 Å². The molecule has 1 atom stereocenters. The summed E-state index contributed by atoms with van der Waals surface area (Å²) in [5, 5.41) is 4.03. The molecule has 0 aliphatic rings. The monoisotopic (exact) mass is 368 g/mol. The molecule has 10 heteroatoms. The summed E-state index contributed by atoms with van der Waals surface area (Å²) < 4.78 is 36.3. The molecule has 0 saturated heterocycles. The molecule has 8 nitrogen and oxygen atoms in total. The third-order valence-corrected chi connectivity index (χ3v) is 6.03. The zero-order chi connectivity index (χ0) is 17.5. The first-order valence-electron chi connectivity index (χ1n) is 7.07. The van der Waals surface area contributed by atoms with E-state index in [1.165, 1.54) is 38.0 Å². The van der Waals surface area contributed by atoms with Gasteiger partial charge in [0.2, 0.25) is 15.9 Å². The van der Waals surface area contributed by atoms with Crippen LogP contribution in [0.3, 0.4) is 0 Å². The number of aromatic nitrogens is 3. The fraction of sp³-hybridized carbons (Fsp3) is 0.357. The largest absolute Gasteiger partial charge is 0.431 e. The summed E-state index contributed by atoms with van der Waals surface area (Å²) in [7, 11) is -0.543. The van der Waals surface area contributed by atoms with Gasteiger partial charge in [0.1, 0.15) is 5.52 Å². The maximum Gasteiger partial charge on any atom is 0.257 e. The Morgan fingerprint density at radius 2 is 2.00 bits per heavy atom. The van der Waals surface area contributed by atoms with E-state index in [0.717, 1.165) is 4.31 Å². The molecule has 0 aliphatic heterocycles. The van der Waals surface area contributed by atoms with Crippen LogP contribution in [0.15, 0.2) is 37.3 Å². The molecule has 1 aromatic carbocycles. The van der Waals surface area contributed by atoms with Crippen LogP contribution >= 0.6 is 11.8 Å². The van der Waals surface area contributed by atoms with E-state index in [0.29, 0.717) is 28.0 Å². The Kier molecular flexibility index (Phi) is 4.37. The fourth-order valence-corrected chi connectivity index (χ4v) is 3.70. The predicted molar refractivity (Wildman–Crippen MR) is 88.2 cm³/mol. The molecule has 2 aromatic heterocycles. The average molecular weight is 368 g/mol. The summed E-state index contributed by atoms with van der Waals surface area (Å²) in [5.74, 6) is 1.05. The van der Waals surface area contributed by atoms with E-state index < -0.39 is 10.0 Å². The van der Waals surface area contributed by atoms with Gasteiger partial charge in [-0.3, -0.25) is 0 Å². The quantitative estimate of drug-likeness (QED) is 0.633. The van der Waals surface area contributed by atoms with Crippen molar-refractivity contribution in [2.45, 2.75) is 29.2 Å². The highest BCUT2D eigenvalue weighted by molar-refractivity contribution is 7.99. The normalized spacial score (nSPS) is 13.7. The second kappa shape index (κ2) is 6.19. The van der Waals surface area contributed by atoms with E-state index in [4.69, 9.17) is 8.94 Å². The second-order valence-corrected chi connectivity index (χ2v) is 8.78. The van der Waals surface area contributed by atoms with E-state index >= 15 is 0 Å². The number of hydrogen-bond acceptors (Lipinski definition) is 8. The van der Waals surface area contributed by atoms with Gasteiger partial charge in [-0.15, -0.1) is 0 Å². The topological polar surface area (TPSA) is 102 Å². The summed E-state index contributed by atoms with van der Waals surface area (Å²) in [5.41, 5.74) is 0.999. The molecule has 0 radical (unpaired) electrons. The van der Waals surface area contributed by atoms with Crippen molar-refractivity contribution in [3.63, 3.8) is 0 Å². The van der Waals surface area contributed by atoms with Crippen molar-refractivity contribution in [1.29, 1.82) is 0 Å². The number of aryl methyl sites for hydroxylation is 1. The lowest BCUT2D eigenvalue weighted by molar-refractivity contribution is 0.375. The maximum absolute atomic E-state index is 12.2. The molecule has 0 amide bonds. The van der Waals surface area contributed by atoms with Gasteiger partial charge < -0.3 is 8.94 Å². The Labute approximate surface area is 143 Å². The lowest BCUT2D eigenvalue weighted by Gasteiger charge is -2.10. The van der Waals surface area contributed by atoms with Crippen LogP contribution in [0.1, 0.15) is 23.9 Å². The van der Waals surface area contributed by atoms with E-state index in [-0.39, 0.29) is 10.1 Å². The van der Waals surface area contributed by atoms with Crippen LogP contribution in [-0.2, 0) is 10.0 Å². The number of nitrogens with zero attached hydrogens (tertiary/aromatic N) is 4. The van der Waals surface area contributed by atoms with Crippen molar-refractivity contribution in [2.24, 2.45) is 0 Å². The summed E-state index contributed by atoms with van der Waals surface area (Å²) in [6.45, 7) is 3.64.